The lowest BCUT2D eigenvalue weighted by atomic mass is 10.1. The van der Waals surface area contributed by atoms with Gasteiger partial charge in [0.1, 0.15) is 0 Å². The third-order valence-corrected chi connectivity index (χ3v) is 5.10. The number of nitrogens with one attached hydrogen (secondary N) is 2. The Hall–Kier alpha value is -1.98. The summed E-state index contributed by atoms with van der Waals surface area (Å²) >= 11 is 7.75. The number of H-pyrrole nitrogens is 1. The molecular weight excluding hydrogens is 352 g/mol. The molecule has 4 nitrogen and oxygen atoms in total. The molecule has 1 heterocycles. The molecule has 0 amide bonds. The van der Waals surface area contributed by atoms with Crippen LogP contribution in [0.2, 0.25) is 5.02 Å². The van der Waals surface area contributed by atoms with Gasteiger partial charge in [0.15, 0.2) is 5.16 Å². The highest BCUT2D eigenvalue weighted by Gasteiger charge is 2.06. The molecule has 0 saturated heterocycles. The topological polar surface area (TPSA) is 53.6 Å². The quantitative estimate of drug-likeness (QED) is 0.488. The van der Waals surface area contributed by atoms with E-state index in [0.717, 1.165) is 33.6 Å². The van der Waals surface area contributed by atoms with E-state index in [9.17, 15) is 0 Å². The molecule has 0 radical (unpaired) electrons. The second-order valence-corrected chi connectivity index (χ2v) is 7.14. The van der Waals surface area contributed by atoms with Crippen LogP contribution in [0.3, 0.4) is 0 Å². The van der Waals surface area contributed by atoms with Crippen molar-refractivity contribution >= 4 is 35.0 Å². The maximum atomic E-state index is 6.18. The zero-order valence-electron chi connectivity index (χ0n) is 14.1. The molecule has 1 aromatic heterocycles. The van der Waals surface area contributed by atoms with E-state index in [0.29, 0.717) is 5.95 Å². The first-order valence-corrected chi connectivity index (χ1v) is 9.75. The van der Waals surface area contributed by atoms with Crippen molar-refractivity contribution in [2.45, 2.75) is 37.1 Å². The average Bonchev–Trinajstić information content (AvgIpc) is 3.08. The van der Waals surface area contributed by atoms with E-state index in [1.807, 2.05) is 24.3 Å². The minimum Gasteiger partial charge on any atom is -0.323 e. The summed E-state index contributed by atoms with van der Waals surface area (Å²) in [5, 5.41) is 11.9. The Kier molecular flexibility index (Phi) is 6.36. The zero-order valence-corrected chi connectivity index (χ0v) is 15.7. The Morgan fingerprint density at radius 1 is 1.12 bits per heavy atom. The lowest BCUT2D eigenvalue weighted by Gasteiger charge is -2.04. The number of rotatable bonds is 8. The number of anilines is 2. The van der Waals surface area contributed by atoms with E-state index in [1.165, 1.54) is 18.4 Å². The van der Waals surface area contributed by atoms with Gasteiger partial charge in [-0.3, -0.25) is 5.10 Å². The summed E-state index contributed by atoms with van der Waals surface area (Å²) < 4.78 is 0. The summed E-state index contributed by atoms with van der Waals surface area (Å²) in [7, 11) is 0. The van der Waals surface area contributed by atoms with Gasteiger partial charge >= 0.3 is 0 Å². The van der Waals surface area contributed by atoms with Gasteiger partial charge in [-0.15, -0.1) is 5.10 Å². The van der Waals surface area contributed by atoms with Crippen molar-refractivity contribution in [3.05, 3.63) is 64.7 Å². The summed E-state index contributed by atoms with van der Waals surface area (Å²) in [5.74, 6) is 1.32. The second kappa shape index (κ2) is 8.92. The lowest BCUT2D eigenvalue weighted by Crippen LogP contribution is -1.93. The van der Waals surface area contributed by atoms with Crippen molar-refractivity contribution in [3.8, 4) is 0 Å². The minimum absolute atomic E-state index is 0.572. The fraction of sp³-hybridized carbons (Fsp3) is 0.263. The van der Waals surface area contributed by atoms with Crippen molar-refractivity contribution < 1.29 is 0 Å². The Balaban J connectivity index is 1.55. The molecule has 0 bridgehead atoms. The van der Waals surface area contributed by atoms with Crippen molar-refractivity contribution in [3.63, 3.8) is 0 Å². The minimum atomic E-state index is 0.572. The molecule has 0 saturated carbocycles. The van der Waals surface area contributed by atoms with Crippen molar-refractivity contribution in [2.75, 3.05) is 5.32 Å². The Bertz CT molecular complexity index is 801. The van der Waals surface area contributed by atoms with Crippen LogP contribution in [0, 0.1) is 0 Å². The predicted molar refractivity (Wildman–Crippen MR) is 106 cm³/mol. The normalized spacial score (nSPS) is 10.8. The van der Waals surface area contributed by atoms with E-state index >= 15 is 0 Å². The summed E-state index contributed by atoms with van der Waals surface area (Å²) in [4.78, 5) is 4.46. The molecule has 6 heteroatoms. The molecule has 2 N–H and O–H groups in total. The lowest BCUT2D eigenvalue weighted by molar-refractivity contribution is 0.795. The van der Waals surface area contributed by atoms with E-state index in [4.69, 9.17) is 11.6 Å². The summed E-state index contributed by atoms with van der Waals surface area (Å²) in [6.07, 6.45) is 3.56. The molecule has 0 aliphatic heterocycles. The van der Waals surface area contributed by atoms with Gasteiger partial charge < -0.3 is 5.32 Å². The molecule has 3 aromatic rings. The molecule has 0 aliphatic rings. The highest BCUT2D eigenvalue weighted by molar-refractivity contribution is 7.98. The highest BCUT2D eigenvalue weighted by atomic mass is 35.5. The van der Waals surface area contributed by atoms with Crippen LogP contribution >= 0.6 is 23.4 Å². The number of benzene rings is 2. The molecule has 0 spiro atoms. The number of hydrogen-bond donors (Lipinski definition) is 2. The molecular formula is C19H21ClN4S. The maximum absolute atomic E-state index is 6.18. The van der Waals surface area contributed by atoms with Gasteiger partial charge in [0.05, 0.1) is 0 Å². The predicted octanol–water partition coefficient (Wildman–Crippen LogP) is 5.84. The SMILES string of the molecule is CCCCc1ccc(Nc2n[nH]c(SCc3ccccc3Cl)n2)cc1. The summed E-state index contributed by atoms with van der Waals surface area (Å²) in [6, 6.07) is 16.3. The number of aromatic amines is 1. The molecule has 2 aromatic carbocycles. The summed E-state index contributed by atoms with van der Waals surface area (Å²) in [5.41, 5.74) is 3.43. The van der Waals surface area contributed by atoms with Crippen LogP contribution < -0.4 is 5.32 Å². The molecule has 0 atom stereocenters. The first-order chi connectivity index (χ1) is 12.2. The Morgan fingerprint density at radius 2 is 1.92 bits per heavy atom. The van der Waals surface area contributed by atoms with Gasteiger partial charge in [-0.05, 0) is 42.2 Å². The Labute approximate surface area is 157 Å². The van der Waals surface area contributed by atoms with E-state index in [1.54, 1.807) is 11.8 Å². The number of aryl methyl sites for hydroxylation is 1. The maximum Gasteiger partial charge on any atom is 0.247 e. The molecule has 25 heavy (non-hydrogen) atoms. The van der Waals surface area contributed by atoms with Crippen LogP contribution in [0.4, 0.5) is 11.6 Å². The third kappa shape index (κ3) is 5.25. The first kappa shape index (κ1) is 17.8. The standard InChI is InChI=1S/C19H21ClN4S/c1-2-3-6-14-9-11-16(12-10-14)21-18-22-19(24-23-18)25-13-15-7-4-5-8-17(15)20/h4-5,7-12H,2-3,6,13H2,1H3,(H2,21,22,23,24). The molecule has 0 aliphatic carbocycles. The van der Waals surface area contributed by atoms with E-state index in [-0.39, 0.29) is 0 Å². The van der Waals surface area contributed by atoms with Crippen molar-refractivity contribution in [2.24, 2.45) is 0 Å². The van der Waals surface area contributed by atoms with Crippen LogP contribution in [-0.4, -0.2) is 15.2 Å². The first-order valence-electron chi connectivity index (χ1n) is 8.39. The van der Waals surface area contributed by atoms with Gasteiger partial charge in [0, 0.05) is 16.5 Å². The largest absolute Gasteiger partial charge is 0.323 e. The average molecular weight is 373 g/mol. The van der Waals surface area contributed by atoms with Crippen LogP contribution in [0.1, 0.15) is 30.9 Å². The number of hydrogen-bond acceptors (Lipinski definition) is 4. The number of thioether (sulfide) groups is 1. The highest BCUT2D eigenvalue weighted by Crippen LogP contribution is 2.25. The second-order valence-electron chi connectivity index (χ2n) is 5.77. The number of aromatic nitrogens is 3. The monoisotopic (exact) mass is 372 g/mol. The van der Waals surface area contributed by atoms with E-state index < -0.39 is 0 Å². The van der Waals surface area contributed by atoms with E-state index in [2.05, 4.69) is 51.7 Å². The zero-order chi connectivity index (χ0) is 17.5. The van der Waals surface area contributed by atoms with Crippen LogP contribution in [-0.2, 0) is 12.2 Å². The van der Waals surface area contributed by atoms with Crippen LogP contribution in [0.25, 0.3) is 0 Å². The van der Waals surface area contributed by atoms with Gasteiger partial charge in [-0.2, -0.15) is 4.98 Å². The number of halogens is 1. The molecule has 130 valence electrons. The molecule has 0 fully saturated rings. The number of nitrogens with zero attached hydrogens (tertiary/aromatic N) is 2. The van der Waals surface area contributed by atoms with Gasteiger partial charge in [0.25, 0.3) is 0 Å². The van der Waals surface area contributed by atoms with Crippen molar-refractivity contribution in [1.82, 2.24) is 15.2 Å². The van der Waals surface area contributed by atoms with Crippen LogP contribution in [0.5, 0.6) is 0 Å². The Morgan fingerprint density at radius 3 is 2.68 bits per heavy atom. The van der Waals surface area contributed by atoms with Gasteiger partial charge in [0.2, 0.25) is 5.95 Å². The number of unbranched alkanes of at least 4 members (excludes halogenated alkanes) is 1. The van der Waals surface area contributed by atoms with Gasteiger partial charge in [-0.1, -0.05) is 67.0 Å². The van der Waals surface area contributed by atoms with Crippen LogP contribution in [0.15, 0.2) is 53.7 Å². The van der Waals surface area contributed by atoms with Gasteiger partial charge in [-0.25, -0.2) is 0 Å². The fourth-order valence-electron chi connectivity index (χ4n) is 2.39. The molecule has 0 unspecified atom stereocenters. The smallest absolute Gasteiger partial charge is 0.247 e. The van der Waals surface area contributed by atoms with Crippen molar-refractivity contribution in [1.29, 1.82) is 0 Å². The molecule has 3 rings (SSSR count). The summed E-state index contributed by atoms with van der Waals surface area (Å²) in [6.45, 7) is 2.21. The third-order valence-electron chi connectivity index (χ3n) is 3.82. The fourth-order valence-corrected chi connectivity index (χ4v) is 3.48.